The molecule has 1 aromatic rings. The minimum Gasteiger partial charge on any atom is -0.494 e. The van der Waals surface area contributed by atoms with Crippen molar-refractivity contribution in [2.75, 3.05) is 6.61 Å². The lowest BCUT2D eigenvalue weighted by Gasteiger charge is -2.09. The lowest BCUT2D eigenvalue weighted by molar-refractivity contribution is -0.123. The first-order valence-corrected chi connectivity index (χ1v) is 8.25. The summed E-state index contributed by atoms with van der Waals surface area (Å²) in [7, 11) is 0. The highest BCUT2D eigenvalue weighted by atomic mass is 16.5. The fourth-order valence-electron chi connectivity index (χ4n) is 2.99. The number of nitrogens with one attached hydrogen (secondary N) is 2. The summed E-state index contributed by atoms with van der Waals surface area (Å²) in [6, 6.07) is 6.79. The molecule has 1 aliphatic rings. The van der Waals surface area contributed by atoms with E-state index in [-0.39, 0.29) is 29.1 Å². The van der Waals surface area contributed by atoms with Crippen LogP contribution in [-0.4, -0.2) is 18.4 Å². The maximum absolute atomic E-state index is 12.3. The first-order chi connectivity index (χ1) is 11.3. The molecule has 1 aliphatic carbocycles. The zero-order valence-electron chi connectivity index (χ0n) is 15.0. The molecule has 0 bridgehead atoms. The highest BCUT2D eigenvalue weighted by molar-refractivity contribution is 5.96. The zero-order valence-corrected chi connectivity index (χ0v) is 15.0. The quantitative estimate of drug-likeness (QED) is 0.644. The summed E-state index contributed by atoms with van der Waals surface area (Å²) >= 11 is 0. The Hall–Kier alpha value is -2.30. The Labute approximate surface area is 143 Å². The molecule has 0 aromatic heterocycles. The van der Waals surface area contributed by atoms with E-state index >= 15 is 0 Å². The van der Waals surface area contributed by atoms with Crippen molar-refractivity contribution in [1.29, 1.82) is 0 Å². The van der Waals surface area contributed by atoms with Crippen molar-refractivity contribution in [1.82, 2.24) is 10.9 Å². The van der Waals surface area contributed by atoms with E-state index in [4.69, 9.17) is 4.74 Å². The molecule has 1 saturated carbocycles. The fourth-order valence-corrected chi connectivity index (χ4v) is 2.99. The Bertz CT molecular complexity index is 643. The summed E-state index contributed by atoms with van der Waals surface area (Å²) in [6.45, 7) is 10.7. The van der Waals surface area contributed by atoms with Crippen molar-refractivity contribution in [3.8, 4) is 5.75 Å². The van der Waals surface area contributed by atoms with E-state index in [9.17, 15) is 9.59 Å². The third kappa shape index (κ3) is 3.96. The van der Waals surface area contributed by atoms with Gasteiger partial charge in [0.15, 0.2) is 0 Å². The summed E-state index contributed by atoms with van der Waals surface area (Å²) in [6.07, 6.45) is 2.12. The minimum atomic E-state index is -0.344. The second kappa shape index (κ2) is 7.07. The molecular formula is C19H26N2O3. The monoisotopic (exact) mass is 330 g/mol. The number of allylic oxidation sites excluding steroid dienone is 2. The molecule has 2 unspecified atom stereocenters. The molecule has 2 rings (SSSR count). The van der Waals surface area contributed by atoms with E-state index in [1.807, 2.05) is 20.8 Å². The molecule has 2 atom stereocenters. The van der Waals surface area contributed by atoms with Crippen LogP contribution in [0.25, 0.3) is 0 Å². The number of carbonyl (C=O) groups is 2. The van der Waals surface area contributed by atoms with E-state index in [0.717, 1.165) is 0 Å². The van der Waals surface area contributed by atoms with Gasteiger partial charge in [0.05, 0.1) is 12.5 Å². The van der Waals surface area contributed by atoms with Crippen LogP contribution in [0.15, 0.2) is 35.9 Å². The van der Waals surface area contributed by atoms with Crippen molar-refractivity contribution in [2.24, 2.45) is 17.3 Å². The van der Waals surface area contributed by atoms with E-state index in [2.05, 4.69) is 30.8 Å². The number of hydrogen-bond donors (Lipinski definition) is 2. The number of rotatable bonds is 5. The van der Waals surface area contributed by atoms with E-state index in [1.165, 1.54) is 5.57 Å². The summed E-state index contributed by atoms with van der Waals surface area (Å²) in [5.74, 6) is 0.311. The molecule has 0 aliphatic heterocycles. The first kappa shape index (κ1) is 18.0. The Morgan fingerprint density at radius 3 is 2.33 bits per heavy atom. The van der Waals surface area contributed by atoms with Gasteiger partial charge in [-0.05, 0) is 56.4 Å². The van der Waals surface area contributed by atoms with Crippen LogP contribution < -0.4 is 15.6 Å². The first-order valence-electron chi connectivity index (χ1n) is 8.25. The number of hydrogen-bond acceptors (Lipinski definition) is 3. The Morgan fingerprint density at radius 1 is 1.17 bits per heavy atom. The normalized spacial score (nSPS) is 20.7. The Balaban J connectivity index is 1.90. The molecule has 1 fully saturated rings. The van der Waals surface area contributed by atoms with Crippen LogP contribution in [0.5, 0.6) is 5.75 Å². The molecule has 0 radical (unpaired) electrons. The van der Waals surface area contributed by atoms with Crippen LogP contribution in [-0.2, 0) is 4.79 Å². The Morgan fingerprint density at radius 2 is 1.79 bits per heavy atom. The summed E-state index contributed by atoms with van der Waals surface area (Å²) < 4.78 is 5.34. The second-order valence-electron chi connectivity index (χ2n) is 6.97. The van der Waals surface area contributed by atoms with Crippen LogP contribution in [0.1, 0.15) is 45.0 Å². The van der Waals surface area contributed by atoms with Gasteiger partial charge < -0.3 is 4.74 Å². The molecule has 0 heterocycles. The van der Waals surface area contributed by atoms with Gasteiger partial charge in [-0.3, -0.25) is 20.4 Å². The average Bonchev–Trinajstić information content (AvgIpc) is 3.05. The smallest absolute Gasteiger partial charge is 0.269 e. The van der Waals surface area contributed by atoms with Gasteiger partial charge in [0.1, 0.15) is 5.75 Å². The molecule has 0 spiro atoms. The number of ether oxygens (including phenoxy) is 1. The summed E-state index contributed by atoms with van der Waals surface area (Å²) in [5.41, 5.74) is 6.61. The number of amides is 2. The number of benzene rings is 1. The van der Waals surface area contributed by atoms with Crippen molar-refractivity contribution in [2.45, 2.75) is 34.6 Å². The van der Waals surface area contributed by atoms with Gasteiger partial charge in [-0.15, -0.1) is 0 Å². The lowest BCUT2D eigenvalue weighted by atomic mass is 10.1. The predicted octanol–water partition coefficient (Wildman–Crippen LogP) is 3.08. The zero-order chi connectivity index (χ0) is 17.9. The van der Waals surface area contributed by atoms with Gasteiger partial charge in [0.25, 0.3) is 5.91 Å². The molecule has 130 valence electrons. The van der Waals surface area contributed by atoms with Gasteiger partial charge in [0, 0.05) is 5.56 Å². The third-order valence-electron chi connectivity index (χ3n) is 4.43. The molecular weight excluding hydrogens is 304 g/mol. The molecule has 2 amide bonds. The molecule has 1 aromatic carbocycles. The number of carbonyl (C=O) groups excluding carboxylic acids is 2. The highest BCUT2D eigenvalue weighted by Gasteiger charge is 2.60. The fraction of sp³-hybridized carbons (Fsp3) is 0.474. The van der Waals surface area contributed by atoms with Gasteiger partial charge in [0.2, 0.25) is 5.91 Å². The van der Waals surface area contributed by atoms with Gasteiger partial charge >= 0.3 is 0 Å². The van der Waals surface area contributed by atoms with E-state index < -0.39 is 0 Å². The Kier molecular flexibility index (Phi) is 5.32. The van der Waals surface area contributed by atoms with Crippen molar-refractivity contribution in [3.05, 3.63) is 41.5 Å². The van der Waals surface area contributed by atoms with Gasteiger partial charge in [-0.25, -0.2) is 0 Å². The van der Waals surface area contributed by atoms with Crippen LogP contribution >= 0.6 is 0 Å². The van der Waals surface area contributed by atoms with Crippen LogP contribution in [0.4, 0.5) is 0 Å². The van der Waals surface area contributed by atoms with Crippen LogP contribution in [0, 0.1) is 17.3 Å². The topological polar surface area (TPSA) is 67.4 Å². The number of hydrazine groups is 1. The average molecular weight is 330 g/mol. The lowest BCUT2D eigenvalue weighted by Crippen LogP contribution is -2.43. The van der Waals surface area contributed by atoms with Crippen molar-refractivity contribution >= 4 is 11.8 Å². The summed E-state index contributed by atoms with van der Waals surface area (Å²) in [5, 5.41) is 0. The highest BCUT2D eigenvalue weighted by Crippen LogP contribution is 2.59. The molecule has 5 nitrogen and oxygen atoms in total. The molecule has 24 heavy (non-hydrogen) atoms. The largest absolute Gasteiger partial charge is 0.494 e. The third-order valence-corrected chi connectivity index (χ3v) is 4.43. The summed E-state index contributed by atoms with van der Waals surface area (Å²) in [4.78, 5) is 24.4. The second-order valence-corrected chi connectivity index (χ2v) is 6.97. The standard InChI is InChI=1S/C19H26N2O3/c1-6-24-14-9-7-13(8-10-14)17(22)20-21-18(23)16-15(11-12(2)3)19(16,4)5/h7-11,15-16H,6H2,1-5H3,(H,20,22)(H,21,23). The maximum Gasteiger partial charge on any atom is 0.269 e. The molecule has 5 heteroatoms. The van der Waals surface area contributed by atoms with Gasteiger partial charge in [-0.1, -0.05) is 25.5 Å². The van der Waals surface area contributed by atoms with Crippen molar-refractivity contribution in [3.63, 3.8) is 0 Å². The SMILES string of the molecule is CCOc1ccc(C(=O)NNC(=O)C2C(C=C(C)C)C2(C)C)cc1. The van der Waals surface area contributed by atoms with Crippen LogP contribution in [0.2, 0.25) is 0 Å². The van der Waals surface area contributed by atoms with Gasteiger partial charge in [-0.2, -0.15) is 0 Å². The van der Waals surface area contributed by atoms with E-state index in [0.29, 0.717) is 17.9 Å². The van der Waals surface area contributed by atoms with E-state index in [1.54, 1.807) is 24.3 Å². The maximum atomic E-state index is 12.3. The molecule has 0 saturated heterocycles. The molecule has 2 N–H and O–H groups in total. The van der Waals surface area contributed by atoms with Crippen LogP contribution in [0.3, 0.4) is 0 Å². The predicted molar refractivity (Wildman–Crippen MR) is 93.4 cm³/mol. The minimum absolute atomic E-state index is 0.0782. The van der Waals surface area contributed by atoms with Crippen molar-refractivity contribution < 1.29 is 14.3 Å².